The molecule has 0 spiro atoms. The van der Waals surface area contributed by atoms with Gasteiger partial charge in [-0.2, -0.15) is 13.2 Å². The van der Waals surface area contributed by atoms with Crippen molar-refractivity contribution in [2.24, 2.45) is 0 Å². The van der Waals surface area contributed by atoms with Gasteiger partial charge in [-0.3, -0.25) is 19.1 Å². The molecule has 1 aromatic heterocycles. The minimum Gasteiger partial charge on any atom is -0.282 e. The first kappa shape index (κ1) is 22.3. The van der Waals surface area contributed by atoms with E-state index in [1.807, 2.05) is 0 Å². The Morgan fingerprint density at radius 3 is 2.59 bits per heavy atom. The number of hydrogen-bond donors (Lipinski definition) is 0. The normalized spacial score (nSPS) is 14.2. The number of amides is 2. The van der Waals surface area contributed by atoms with Gasteiger partial charge in [-0.15, -0.1) is 10.2 Å². The topological polar surface area (TPSA) is 68.1 Å². The van der Waals surface area contributed by atoms with Gasteiger partial charge in [-0.25, -0.2) is 0 Å². The fourth-order valence-corrected chi connectivity index (χ4v) is 4.40. The Hall–Kier alpha value is -2.85. The van der Waals surface area contributed by atoms with Crippen LogP contribution >= 0.6 is 23.4 Å². The molecule has 1 fully saturated rings. The molecule has 2 heterocycles. The highest BCUT2D eigenvalue weighted by atomic mass is 35.5. The van der Waals surface area contributed by atoms with Crippen LogP contribution in [-0.2, 0) is 15.8 Å². The number of imide groups is 1. The summed E-state index contributed by atoms with van der Waals surface area (Å²) in [5.74, 6) is -0.477. The van der Waals surface area contributed by atoms with Gasteiger partial charge in [0, 0.05) is 18.5 Å². The van der Waals surface area contributed by atoms with Gasteiger partial charge in [0.05, 0.1) is 22.0 Å². The second-order valence-corrected chi connectivity index (χ2v) is 8.35. The number of likely N-dealkylation sites (tertiary alicyclic amines) is 1. The third-order valence-electron chi connectivity index (χ3n) is 4.88. The number of nitrogens with zero attached hydrogens (tertiary/aromatic N) is 4. The number of carbonyl (C=O) groups is 2. The fraction of sp³-hybridized carbons (Fsp3) is 0.238. The summed E-state index contributed by atoms with van der Waals surface area (Å²) >= 11 is 7.29. The third-order valence-corrected chi connectivity index (χ3v) is 6.12. The summed E-state index contributed by atoms with van der Waals surface area (Å²) in [6, 6.07) is 11.5. The SMILES string of the molecule is O=C1CCCN1C(=O)CSc1nnc(-c2ccccc2Cl)n1-c1cccc(C(F)(F)F)c1. The Morgan fingerprint density at radius 1 is 1.12 bits per heavy atom. The van der Waals surface area contributed by atoms with Crippen molar-refractivity contribution in [3.05, 3.63) is 59.1 Å². The number of rotatable bonds is 5. The van der Waals surface area contributed by atoms with Crippen molar-refractivity contribution < 1.29 is 22.8 Å². The third kappa shape index (κ3) is 4.51. The van der Waals surface area contributed by atoms with Crippen molar-refractivity contribution in [3.8, 4) is 17.1 Å². The summed E-state index contributed by atoms with van der Waals surface area (Å²) in [5.41, 5.74) is -0.178. The van der Waals surface area contributed by atoms with E-state index in [4.69, 9.17) is 11.6 Å². The summed E-state index contributed by atoms with van der Waals surface area (Å²) < 4.78 is 41.4. The molecule has 0 unspecified atom stereocenters. The van der Waals surface area contributed by atoms with Gasteiger partial charge in [0.15, 0.2) is 11.0 Å². The van der Waals surface area contributed by atoms with Crippen LogP contribution in [0.1, 0.15) is 18.4 Å². The monoisotopic (exact) mass is 480 g/mol. The second kappa shape index (κ2) is 8.95. The molecule has 1 saturated heterocycles. The zero-order chi connectivity index (χ0) is 22.9. The minimum absolute atomic E-state index is 0.106. The Morgan fingerprint density at radius 2 is 1.91 bits per heavy atom. The molecule has 0 saturated carbocycles. The molecular weight excluding hydrogens is 465 g/mol. The quantitative estimate of drug-likeness (QED) is 0.488. The van der Waals surface area contributed by atoms with Crippen molar-refractivity contribution in [2.75, 3.05) is 12.3 Å². The Balaban J connectivity index is 1.74. The van der Waals surface area contributed by atoms with Crippen LogP contribution < -0.4 is 0 Å². The summed E-state index contributed by atoms with van der Waals surface area (Å²) in [6.07, 6.45) is -3.59. The van der Waals surface area contributed by atoms with E-state index in [1.165, 1.54) is 21.6 Å². The van der Waals surface area contributed by atoms with E-state index >= 15 is 0 Å². The van der Waals surface area contributed by atoms with E-state index in [-0.39, 0.29) is 34.2 Å². The predicted octanol–water partition coefficient (Wildman–Crippen LogP) is 4.85. The van der Waals surface area contributed by atoms with Gasteiger partial charge in [0.2, 0.25) is 11.8 Å². The van der Waals surface area contributed by atoms with Crippen LogP contribution in [0.5, 0.6) is 0 Å². The van der Waals surface area contributed by atoms with Crippen molar-refractivity contribution in [1.29, 1.82) is 0 Å². The first-order valence-corrected chi connectivity index (χ1v) is 11.0. The number of alkyl halides is 3. The maximum absolute atomic E-state index is 13.3. The molecule has 1 aliphatic heterocycles. The standard InChI is InChI=1S/C21H16ClF3N4O2S/c22-16-8-2-1-7-15(16)19-26-27-20(32-12-18(31)28-10-4-9-17(28)30)29(19)14-6-3-5-13(11-14)21(23,24)25/h1-3,5-8,11H,4,9-10,12H2. The largest absolute Gasteiger partial charge is 0.416 e. The van der Waals surface area contributed by atoms with E-state index < -0.39 is 11.7 Å². The molecule has 6 nitrogen and oxygen atoms in total. The lowest BCUT2D eigenvalue weighted by atomic mass is 10.1. The van der Waals surface area contributed by atoms with Gasteiger partial charge in [-0.05, 0) is 36.8 Å². The highest BCUT2D eigenvalue weighted by molar-refractivity contribution is 7.99. The maximum Gasteiger partial charge on any atom is 0.416 e. The first-order valence-electron chi connectivity index (χ1n) is 9.59. The number of thioether (sulfide) groups is 1. The molecule has 0 aliphatic carbocycles. The van der Waals surface area contributed by atoms with E-state index in [0.29, 0.717) is 30.0 Å². The zero-order valence-corrected chi connectivity index (χ0v) is 18.0. The lowest BCUT2D eigenvalue weighted by molar-refractivity contribution is -0.140. The average molecular weight is 481 g/mol. The van der Waals surface area contributed by atoms with Crippen LogP contribution in [0.2, 0.25) is 5.02 Å². The molecule has 0 radical (unpaired) electrons. The average Bonchev–Trinajstić information content (AvgIpc) is 3.38. The van der Waals surface area contributed by atoms with E-state index in [1.54, 1.807) is 24.3 Å². The summed E-state index contributed by atoms with van der Waals surface area (Å²) in [6.45, 7) is 0.365. The molecule has 0 bridgehead atoms. The molecule has 166 valence electrons. The summed E-state index contributed by atoms with van der Waals surface area (Å²) in [5, 5.41) is 8.80. The van der Waals surface area contributed by atoms with Gasteiger partial charge in [-0.1, -0.05) is 41.6 Å². The van der Waals surface area contributed by atoms with Gasteiger partial charge >= 0.3 is 6.18 Å². The lowest BCUT2D eigenvalue weighted by Crippen LogP contribution is -2.33. The van der Waals surface area contributed by atoms with Crippen molar-refractivity contribution >= 4 is 35.2 Å². The minimum atomic E-state index is -4.53. The molecule has 11 heteroatoms. The molecule has 0 N–H and O–H groups in total. The van der Waals surface area contributed by atoms with Crippen LogP contribution in [0.3, 0.4) is 0 Å². The Bertz CT molecular complexity index is 1180. The highest BCUT2D eigenvalue weighted by Crippen LogP contribution is 2.35. The highest BCUT2D eigenvalue weighted by Gasteiger charge is 2.31. The van der Waals surface area contributed by atoms with Crippen LogP contribution in [0.15, 0.2) is 53.7 Å². The van der Waals surface area contributed by atoms with Crippen molar-refractivity contribution in [1.82, 2.24) is 19.7 Å². The van der Waals surface area contributed by atoms with Crippen LogP contribution in [0.25, 0.3) is 17.1 Å². The van der Waals surface area contributed by atoms with Crippen LogP contribution in [0.4, 0.5) is 13.2 Å². The van der Waals surface area contributed by atoms with Crippen molar-refractivity contribution in [2.45, 2.75) is 24.2 Å². The maximum atomic E-state index is 13.3. The number of hydrogen-bond acceptors (Lipinski definition) is 5. The molecule has 4 rings (SSSR count). The van der Waals surface area contributed by atoms with Crippen LogP contribution in [0, 0.1) is 0 Å². The van der Waals surface area contributed by atoms with E-state index in [2.05, 4.69) is 10.2 Å². The van der Waals surface area contributed by atoms with E-state index in [0.717, 1.165) is 23.9 Å². The number of benzene rings is 2. The first-order chi connectivity index (χ1) is 15.3. The zero-order valence-electron chi connectivity index (χ0n) is 16.5. The second-order valence-electron chi connectivity index (χ2n) is 7.00. The van der Waals surface area contributed by atoms with Crippen LogP contribution in [-0.4, -0.2) is 43.8 Å². The molecule has 3 aromatic rings. The summed E-state index contributed by atoms with van der Waals surface area (Å²) in [7, 11) is 0. The number of carbonyl (C=O) groups excluding carboxylic acids is 2. The van der Waals surface area contributed by atoms with Crippen molar-refractivity contribution in [3.63, 3.8) is 0 Å². The predicted molar refractivity (Wildman–Crippen MR) is 113 cm³/mol. The molecule has 1 aliphatic rings. The Kier molecular flexibility index (Phi) is 6.25. The smallest absolute Gasteiger partial charge is 0.282 e. The summed E-state index contributed by atoms with van der Waals surface area (Å²) in [4.78, 5) is 25.5. The van der Waals surface area contributed by atoms with E-state index in [9.17, 15) is 22.8 Å². The Labute approximate surface area is 190 Å². The molecule has 2 aromatic carbocycles. The molecular formula is C21H16ClF3N4O2S. The molecule has 32 heavy (non-hydrogen) atoms. The molecule has 2 amide bonds. The fourth-order valence-electron chi connectivity index (χ4n) is 3.35. The number of halogens is 4. The lowest BCUT2D eigenvalue weighted by Gasteiger charge is -2.15. The van der Waals surface area contributed by atoms with Gasteiger partial charge in [0.1, 0.15) is 0 Å². The number of aromatic nitrogens is 3. The van der Waals surface area contributed by atoms with Gasteiger partial charge in [0.25, 0.3) is 0 Å². The van der Waals surface area contributed by atoms with Gasteiger partial charge < -0.3 is 0 Å². The molecule has 0 atom stereocenters.